The summed E-state index contributed by atoms with van der Waals surface area (Å²) in [4.78, 5) is 2.53. The molecule has 1 heterocycles. The van der Waals surface area contributed by atoms with Crippen LogP contribution in [-0.2, 0) is 6.54 Å². The van der Waals surface area contributed by atoms with Gasteiger partial charge in [-0.1, -0.05) is 36.2 Å². The summed E-state index contributed by atoms with van der Waals surface area (Å²) in [5.74, 6) is 1.53. The molecule has 1 saturated heterocycles. The molecule has 2 fully saturated rings. The molecule has 3 atom stereocenters. The molecule has 0 radical (unpaired) electrons. The average molecular weight is 265 g/mol. The Hall–Kier alpha value is -0.570. The van der Waals surface area contributed by atoms with Crippen LogP contribution >= 0.6 is 11.6 Å². The third-order valence-electron chi connectivity index (χ3n) is 4.58. The van der Waals surface area contributed by atoms with Crippen molar-refractivity contribution >= 4 is 11.6 Å². The van der Waals surface area contributed by atoms with Crippen molar-refractivity contribution < 1.29 is 0 Å². The Morgan fingerprint density at radius 2 is 2.06 bits per heavy atom. The zero-order valence-electron chi connectivity index (χ0n) is 10.7. The maximum Gasteiger partial charge on any atom is 0.0451 e. The second kappa shape index (κ2) is 5.20. The number of hydrogen-bond donors (Lipinski definition) is 1. The lowest BCUT2D eigenvalue weighted by atomic mass is 9.78. The van der Waals surface area contributed by atoms with E-state index in [0.29, 0.717) is 12.0 Å². The summed E-state index contributed by atoms with van der Waals surface area (Å²) in [6.45, 7) is 3.32. The molecule has 2 aliphatic rings. The van der Waals surface area contributed by atoms with Gasteiger partial charge in [-0.05, 0) is 36.3 Å². The van der Waals surface area contributed by atoms with Crippen LogP contribution in [0.3, 0.4) is 0 Å². The zero-order chi connectivity index (χ0) is 12.5. The van der Waals surface area contributed by atoms with Crippen LogP contribution < -0.4 is 5.73 Å². The van der Waals surface area contributed by atoms with E-state index in [2.05, 4.69) is 17.0 Å². The highest BCUT2D eigenvalue weighted by Crippen LogP contribution is 2.36. The standard InChI is InChI=1S/C15H21ClN2/c16-14-6-2-1-4-12(14)9-18-8-11-5-3-7-15(17)13(11)10-18/h1-2,4,6,11,13,15H,3,5,7-10,17H2. The summed E-state index contributed by atoms with van der Waals surface area (Å²) in [7, 11) is 0. The Bertz CT molecular complexity index is 421. The molecule has 1 aliphatic heterocycles. The maximum atomic E-state index is 6.25. The van der Waals surface area contributed by atoms with Gasteiger partial charge in [0.2, 0.25) is 0 Å². The monoisotopic (exact) mass is 264 g/mol. The Labute approximate surface area is 114 Å². The van der Waals surface area contributed by atoms with Crippen molar-refractivity contribution in [2.24, 2.45) is 17.6 Å². The van der Waals surface area contributed by atoms with Gasteiger partial charge in [-0.25, -0.2) is 0 Å². The minimum atomic E-state index is 0.417. The molecule has 98 valence electrons. The summed E-state index contributed by atoms with van der Waals surface area (Å²) in [5, 5.41) is 0.886. The first kappa shape index (κ1) is 12.5. The third kappa shape index (κ3) is 2.42. The number of hydrogen-bond acceptors (Lipinski definition) is 2. The summed E-state index contributed by atoms with van der Waals surface area (Å²) in [6, 6.07) is 8.58. The molecule has 1 aliphatic carbocycles. The predicted molar refractivity (Wildman–Crippen MR) is 75.5 cm³/mol. The summed E-state index contributed by atoms with van der Waals surface area (Å²) in [5.41, 5.74) is 7.49. The van der Waals surface area contributed by atoms with Gasteiger partial charge in [0, 0.05) is 30.7 Å². The molecule has 2 nitrogen and oxygen atoms in total. The Kier molecular flexibility index (Phi) is 3.60. The van der Waals surface area contributed by atoms with E-state index in [1.165, 1.54) is 31.4 Å². The number of halogens is 1. The van der Waals surface area contributed by atoms with Crippen LogP contribution in [-0.4, -0.2) is 24.0 Å². The Morgan fingerprint density at radius 3 is 2.83 bits per heavy atom. The van der Waals surface area contributed by atoms with Crippen molar-refractivity contribution in [2.45, 2.75) is 31.8 Å². The second-order valence-electron chi connectivity index (χ2n) is 5.80. The molecular weight excluding hydrogens is 244 g/mol. The molecule has 0 bridgehead atoms. The van der Waals surface area contributed by atoms with Gasteiger partial charge in [0.15, 0.2) is 0 Å². The van der Waals surface area contributed by atoms with E-state index in [1.807, 2.05) is 12.1 Å². The van der Waals surface area contributed by atoms with Crippen LogP contribution in [0.5, 0.6) is 0 Å². The molecule has 1 saturated carbocycles. The molecule has 18 heavy (non-hydrogen) atoms. The number of benzene rings is 1. The molecule has 0 aromatic heterocycles. The first-order chi connectivity index (χ1) is 8.74. The predicted octanol–water partition coefficient (Wildman–Crippen LogP) is 2.90. The molecule has 1 aromatic carbocycles. The molecule has 3 unspecified atom stereocenters. The third-order valence-corrected chi connectivity index (χ3v) is 4.95. The topological polar surface area (TPSA) is 29.3 Å². The normalized spacial score (nSPS) is 32.4. The van der Waals surface area contributed by atoms with E-state index < -0.39 is 0 Å². The molecule has 2 N–H and O–H groups in total. The van der Waals surface area contributed by atoms with Gasteiger partial charge in [-0.2, -0.15) is 0 Å². The number of nitrogens with two attached hydrogens (primary N) is 1. The largest absolute Gasteiger partial charge is 0.327 e. The lowest BCUT2D eigenvalue weighted by molar-refractivity contribution is 0.259. The van der Waals surface area contributed by atoms with Crippen molar-refractivity contribution in [3.63, 3.8) is 0 Å². The minimum Gasteiger partial charge on any atom is -0.327 e. The van der Waals surface area contributed by atoms with E-state index in [1.54, 1.807) is 0 Å². The van der Waals surface area contributed by atoms with Crippen molar-refractivity contribution in [3.05, 3.63) is 34.9 Å². The maximum absolute atomic E-state index is 6.25. The fourth-order valence-corrected chi connectivity index (χ4v) is 3.80. The van der Waals surface area contributed by atoms with E-state index in [9.17, 15) is 0 Å². The minimum absolute atomic E-state index is 0.417. The zero-order valence-corrected chi connectivity index (χ0v) is 11.4. The van der Waals surface area contributed by atoms with Crippen LogP contribution in [0.2, 0.25) is 5.02 Å². The highest BCUT2D eigenvalue weighted by Gasteiger charge is 2.38. The molecule has 0 spiro atoms. The SMILES string of the molecule is NC1CCCC2CN(Cc3ccccc3Cl)CC12. The van der Waals surface area contributed by atoms with Crippen molar-refractivity contribution in [2.75, 3.05) is 13.1 Å². The highest BCUT2D eigenvalue weighted by molar-refractivity contribution is 6.31. The molecule has 1 aromatic rings. The quantitative estimate of drug-likeness (QED) is 0.890. The Balaban J connectivity index is 1.67. The van der Waals surface area contributed by atoms with Crippen LogP contribution in [0.4, 0.5) is 0 Å². The summed E-state index contributed by atoms with van der Waals surface area (Å²) < 4.78 is 0. The summed E-state index contributed by atoms with van der Waals surface area (Å²) in [6.07, 6.45) is 3.88. The molecule has 3 heteroatoms. The highest BCUT2D eigenvalue weighted by atomic mass is 35.5. The van der Waals surface area contributed by atoms with Gasteiger partial charge in [0.1, 0.15) is 0 Å². The van der Waals surface area contributed by atoms with Gasteiger partial charge in [-0.15, -0.1) is 0 Å². The number of nitrogens with zero attached hydrogens (tertiary/aromatic N) is 1. The summed E-state index contributed by atoms with van der Waals surface area (Å²) >= 11 is 6.23. The van der Waals surface area contributed by atoms with Crippen LogP contribution in [0, 0.1) is 11.8 Å². The van der Waals surface area contributed by atoms with Gasteiger partial charge >= 0.3 is 0 Å². The Morgan fingerprint density at radius 1 is 1.22 bits per heavy atom. The van der Waals surface area contributed by atoms with Crippen LogP contribution in [0.25, 0.3) is 0 Å². The number of likely N-dealkylation sites (tertiary alicyclic amines) is 1. The first-order valence-corrected chi connectivity index (χ1v) is 7.33. The second-order valence-corrected chi connectivity index (χ2v) is 6.21. The van der Waals surface area contributed by atoms with Crippen LogP contribution in [0.1, 0.15) is 24.8 Å². The van der Waals surface area contributed by atoms with E-state index in [4.69, 9.17) is 17.3 Å². The van der Waals surface area contributed by atoms with E-state index in [-0.39, 0.29) is 0 Å². The average Bonchev–Trinajstić information content (AvgIpc) is 2.76. The molecule has 0 amide bonds. The fraction of sp³-hybridized carbons (Fsp3) is 0.600. The van der Waals surface area contributed by atoms with Gasteiger partial charge < -0.3 is 5.73 Å². The fourth-order valence-electron chi connectivity index (χ4n) is 3.61. The van der Waals surface area contributed by atoms with Crippen LogP contribution in [0.15, 0.2) is 24.3 Å². The smallest absolute Gasteiger partial charge is 0.0451 e. The first-order valence-electron chi connectivity index (χ1n) is 6.95. The van der Waals surface area contributed by atoms with Crippen molar-refractivity contribution in [3.8, 4) is 0 Å². The number of rotatable bonds is 2. The van der Waals surface area contributed by atoms with Gasteiger partial charge in [0.25, 0.3) is 0 Å². The van der Waals surface area contributed by atoms with Gasteiger partial charge in [-0.3, -0.25) is 4.90 Å². The molecular formula is C15H21ClN2. The lowest BCUT2D eigenvalue weighted by Crippen LogP contribution is -2.38. The van der Waals surface area contributed by atoms with Crippen molar-refractivity contribution in [1.82, 2.24) is 4.90 Å². The molecule has 3 rings (SSSR count). The lowest BCUT2D eigenvalue weighted by Gasteiger charge is -2.29. The van der Waals surface area contributed by atoms with E-state index >= 15 is 0 Å². The van der Waals surface area contributed by atoms with E-state index in [0.717, 1.165) is 24.0 Å². The van der Waals surface area contributed by atoms with Gasteiger partial charge in [0.05, 0.1) is 0 Å². The van der Waals surface area contributed by atoms with Crippen molar-refractivity contribution in [1.29, 1.82) is 0 Å². The number of fused-ring (bicyclic) bond motifs is 1.